The van der Waals surface area contributed by atoms with Gasteiger partial charge in [0.15, 0.2) is 0 Å². The molecule has 0 saturated carbocycles. The summed E-state index contributed by atoms with van der Waals surface area (Å²) in [4.78, 5) is 8.73. The summed E-state index contributed by atoms with van der Waals surface area (Å²) in [5.41, 5.74) is 2.13. The van der Waals surface area contributed by atoms with Crippen molar-refractivity contribution in [2.45, 2.75) is 39.5 Å². The second-order valence-electron chi connectivity index (χ2n) is 6.25. The van der Waals surface area contributed by atoms with E-state index in [1.165, 1.54) is 25.7 Å². The van der Waals surface area contributed by atoms with Crippen molar-refractivity contribution < 1.29 is 17.8 Å². The third-order valence-electron chi connectivity index (χ3n) is 4.24. The standard InChI is InChI=1S/C20H27N4.BrH.Pt/c1-3-5-10-21-12-14-23(17-21)19-8-7-9-20(16-19)24-15-13-22(18-24)11-6-4-2;;/h7-9,12-15,17-18H,3-6,10-11H2,1-2H3;1H;/q-3;;+1/p-1. The van der Waals surface area contributed by atoms with Crippen LogP contribution in [-0.4, -0.2) is 22.9 Å². The fourth-order valence-electron chi connectivity index (χ4n) is 2.77. The molecule has 0 amide bonds. The van der Waals surface area contributed by atoms with Crippen LogP contribution in [0.2, 0.25) is 0 Å². The Bertz CT molecular complexity index is 546. The summed E-state index contributed by atoms with van der Waals surface area (Å²) in [6.45, 7) is 10.9. The topological polar surface area (TPSA) is 13.0 Å². The molecule has 0 aromatic heterocycles. The predicted octanol–water partition coefficient (Wildman–Crippen LogP) is 5.36. The van der Waals surface area contributed by atoms with Crippen LogP contribution in [-0.2, 0) is 17.8 Å². The Kier molecular flexibility index (Phi) is 9.63. The second kappa shape index (κ2) is 11.7. The number of halogens is 1. The van der Waals surface area contributed by atoms with Gasteiger partial charge < -0.3 is 19.6 Å². The molecule has 0 spiro atoms. The van der Waals surface area contributed by atoms with Crippen molar-refractivity contribution in [1.29, 1.82) is 0 Å². The van der Waals surface area contributed by atoms with E-state index in [4.69, 9.17) is 0 Å². The number of rotatable bonds is 8. The van der Waals surface area contributed by atoms with Crippen molar-refractivity contribution in [3.05, 3.63) is 62.4 Å². The summed E-state index contributed by atoms with van der Waals surface area (Å²) in [6, 6.07) is 9.81. The van der Waals surface area contributed by atoms with Crippen molar-refractivity contribution in [3.8, 4) is 0 Å². The minimum absolute atomic E-state index is 1.07. The van der Waals surface area contributed by atoms with Gasteiger partial charge in [0.05, 0.1) is 0 Å². The number of anilines is 2. The van der Waals surface area contributed by atoms with Crippen LogP contribution in [0, 0.1) is 19.4 Å². The van der Waals surface area contributed by atoms with E-state index < -0.39 is 0 Å². The Hall–Kier alpha value is -0.932. The van der Waals surface area contributed by atoms with Gasteiger partial charge in [0, 0.05) is 0 Å². The quantitative estimate of drug-likeness (QED) is 0.374. The van der Waals surface area contributed by atoms with Gasteiger partial charge in [-0.25, -0.2) is 0 Å². The van der Waals surface area contributed by atoms with E-state index in [0.29, 0.717) is 0 Å². The number of hydrogen-bond acceptors (Lipinski definition) is 4. The molecular formula is C20H27BrN4Pt-3. The SMILES string of the molecule is CCCCN1C=CN(c2[c-]c(N3C=CN(CCCC)[CH-]3)ccc2)[CH-]1.[Br][Pt]. The van der Waals surface area contributed by atoms with Crippen LogP contribution in [0.15, 0.2) is 43.0 Å². The van der Waals surface area contributed by atoms with E-state index in [2.05, 4.69) is 109 Å². The Morgan fingerprint density at radius 1 is 0.846 bits per heavy atom. The Morgan fingerprint density at radius 2 is 1.31 bits per heavy atom. The third-order valence-corrected chi connectivity index (χ3v) is 4.24. The van der Waals surface area contributed by atoms with Crippen LogP contribution in [0.25, 0.3) is 0 Å². The van der Waals surface area contributed by atoms with Crippen molar-refractivity contribution in [3.63, 3.8) is 0 Å². The van der Waals surface area contributed by atoms with Gasteiger partial charge in [-0.05, 0) is 50.7 Å². The van der Waals surface area contributed by atoms with E-state index in [1.54, 1.807) is 0 Å². The first-order chi connectivity index (χ1) is 12.8. The summed E-state index contributed by atoms with van der Waals surface area (Å²) in [7, 11) is 0. The van der Waals surface area contributed by atoms with E-state index >= 15 is 0 Å². The molecule has 0 atom stereocenters. The van der Waals surface area contributed by atoms with Crippen molar-refractivity contribution in [2.75, 3.05) is 22.9 Å². The molecule has 147 valence electrons. The molecule has 0 bridgehead atoms. The zero-order valence-corrected chi connectivity index (χ0v) is 19.3. The van der Waals surface area contributed by atoms with Gasteiger partial charge in [0.1, 0.15) is 0 Å². The van der Waals surface area contributed by atoms with Gasteiger partial charge in [0.2, 0.25) is 0 Å². The summed E-state index contributed by atoms with van der Waals surface area (Å²) >= 11 is 4.86. The number of nitrogens with zero attached hydrogens (tertiary/aromatic N) is 4. The Labute approximate surface area is 176 Å². The summed E-state index contributed by atoms with van der Waals surface area (Å²) in [6.07, 6.45) is 13.3. The molecule has 0 aliphatic carbocycles. The average molecular weight is 598 g/mol. The predicted molar refractivity (Wildman–Crippen MR) is 109 cm³/mol. The van der Waals surface area contributed by atoms with E-state index in [1.807, 2.05) is 17.8 Å². The van der Waals surface area contributed by atoms with Gasteiger partial charge in [-0.3, -0.25) is 0 Å². The maximum absolute atomic E-state index is 3.52. The van der Waals surface area contributed by atoms with Crippen molar-refractivity contribution >= 4 is 24.7 Å². The van der Waals surface area contributed by atoms with Crippen LogP contribution in [0.5, 0.6) is 0 Å². The van der Waals surface area contributed by atoms with Crippen molar-refractivity contribution in [2.24, 2.45) is 0 Å². The average Bonchev–Trinajstić information content (AvgIpc) is 3.36. The first kappa shape index (κ1) is 21.4. The van der Waals surface area contributed by atoms with Crippen LogP contribution in [0.4, 0.5) is 11.4 Å². The van der Waals surface area contributed by atoms with Crippen LogP contribution in [0.3, 0.4) is 0 Å². The maximum atomic E-state index is 3.52. The molecule has 0 unspecified atom stereocenters. The van der Waals surface area contributed by atoms with Crippen molar-refractivity contribution in [1.82, 2.24) is 9.80 Å². The zero-order chi connectivity index (χ0) is 18.8. The summed E-state index contributed by atoms with van der Waals surface area (Å²) in [5.74, 6) is 0. The monoisotopic (exact) mass is 597 g/mol. The van der Waals surface area contributed by atoms with Gasteiger partial charge in [-0.2, -0.15) is 19.4 Å². The number of benzene rings is 1. The second-order valence-corrected chi connectivity index (χ2v) is 6.25. The summed E-state index contributed by atoms with van der Waals surface area (Å²) in [5, 5.41) is 0. The normalized spacial score (nSPS) is 15.7. The molecular weight excluding hydrogens is 571 g/mol. The molecule has 0 saturated heterocycles. The van der Waals surface area contributed by atoms with Crippen LogP contribution >= 0.6 is 13.3 Å². The zero-order valence-electron chi connectivity index (χ0n) is 15.4. The third kappa shape index (κ3) is 6.06. The molecule has 26 heavy (non-hydrogen) atoms. The molecule has 1 aromatic rings. The minimum atomic E-state index is 1.07. The Balaban J connectivity index is 0.00000117. The van der Waals surface area contributed by atoms with E-state index in [0.717, 1.165) is 24.5 Å². The van der Waals surface area contributed by atoms with Crippen LogP contribution in [0.1, 0.15) is 39.5 Å². The number of unbranched alkanes of at least 4 members (excludes halogenated alkanes) is 2. The molecule has 2 aliphatic heterocycles. The van der Waals surface area contributed by atoms with Gasteiger partial charge in [0.25, 0.3) is 0 Å². The van der Waals surface area contributed by atoms with Gasteiger partial charge >= 0.3 is 31.1 Å². The Morgan fingerprint density at radius 3 is 1.73 bits per heavy atom. The fourth-order valence-corrected chi connectivity index (χ4v) is 2.77. The van der Waals surface area contributed by atoms with E-state index in [9.17, 15) is 0 Å². The molecule has 0 fully saturated rings. The molecule has 1 aromatic carbocycles. The molecule has 0 N–H and O–H groups in total. The van der Waals surface area contributed by atoms with E-state index in [-0.39, 0.29) is 0 Å². The molecule has 4 nitrogen and oxygen atoms in total. The molecule has 2 heterocycles. The molecule has 6 heteroatoms. The first-order valence-corrected chi connectivity index (χ1v) is 14.1. The fraction of sp³-hybridized carbons (Fsp3) is 0.400. The van der Waals surface area contributed by atoms with Gasteiger partial charge in [-0.15, -0.1) is 29.6 Å². The van der Waals surface area contributed by atoms with Gasteiger partial charge in [-0.1, -0.05) is 26.7 Å². The van der Waals surface area contributed by atoms with Crippen LogP contribution < -0.4 is 9.80 Å². The molecule has 0 radical (unpaired) electrons. The molecule has 2 aliphatic rings. The summed E-state index contributed by atoms with van der Waals surface area (Å²) < 4.78 is 0. The number of hydrogen-bond donors (Lipinski definition) is 0. The molecule has 3 rings (SSSR count). The first-order valence-electron chi connectivity index (χ1n) is 9.09.